The first-order chi connectivity index (χ1) is 3.93. The van der Waals surface area contributed by atoms with E-state index < -0.39 is 0 Å². The smallest absolute Gasteiger partial charge is 0.0376 e. The van der Waals surface area contributed by atoms with Crippen molar-refractivity contribution in [2.24, 2.45) is 10.7 Å². The number of allylic oxidation sites excluding steroid dienone is 1. The summed E-state index contributed by atoms with van der Waals surface area (Å²) in [6.07, 6.45) is 5.93. The van der Waals surface area contributed by atoms with Crippen molar-refractivity contribution in [3.05, 3.63) is 11.8 Å². The zero-order valence-electron chi connectivity index (χ0n) is 4.80. The lowest BCUT2D eigenvalue weighted by Crippen LogP contribution is -1.97. The molecular weight excluding hydrogens is 100 g/mol. The lowest BCUT2D eigenvalue weighted by atomic mass is 10.3. The van der Waals surface area contributed by atoms with E-state index in [4.69, 9.17) is 5.73 Å². The topological polar surface area (TPSA) is 38.4 Å². The van der Waals surface area contributed by atoms with Crippen LogP contribution in [0, 0.1) is 0 Å². The zero-order chi connectivity index (χ0) is 5.82. The second kappa shape index (κ2) is 2.62. The molecule has 0 atom stereocenters. The van der Waals surface area contributed by atoms with Crippen molar-refractivity contribution in [3.63, 3.8) is 0 Å². The third-order valence-corrected chi connectivity index (χ3v) is 1.12. The Morgan fingerprint density at radius 2 is 2.62 bits per heavy atom. The van der Waals surface area contributed by atoms with E-state index in [1.807, 2.05) is 6.21 Å². The van der Waals surface area contributed by atoms with Crippen molar-refractivity contribution >= 4 is 6.21 Å². The minimum Gasteiger partial charge on any atom is -0.330 e. The van der Waals surface area contributed by atoms with Gasteiger partial charge in [0.25, 0.3) is 0 Å². The summed E-state index contributed by atoms with van der Waals surface area (Å²) in [5.74, 6) is 0. The standard InChI is InChI=1S/C6H10N2/c7-4-3-6-2-1-5-8-6/h2,5H,1,3-4,7H2. The first-order valence-corrected chi connectivity index (χ1v) is 2.85. The lowest BCUT2D eigenvalue weighted by molar-refractivity contribution is 0.941. The summed E-state index contributed by atoms with van der Waals surface area (Å²) >= 11 is 0. The monoisotopic (exact) mass is 110 g/mol. The van der Waals surface area contributed by atoms with E-state index in [1.54, 1.807) is 0 Å². The first kappa shape index (κ1) is 5.51. The van der Waals surface area contributed by atoms with E-state index in [2.05, 4.69) is 11.1 Å². The zero-order valence-corrected chi connectivity index (χ0v) is 4.80. The van der Waals surface area contributed by atoms with E-state index in [1.165, 1.54) is 0 Å². The Morgan fingerprint density at radius 1 is 1.75 bits per heavy atom. The summed E-state index contributed by atoms with van der Waals surface area (Å²) in [4.78, 5) is 4.08. The highest BCUT2D eigenvalue weighted by molar-refractivity contribution is 5.64. The molecule has 0 aromatic carbocycles. The molecule has 44 valence electrons. The predicted octanol–water partition coefficient (Wildman–Crippen LogP) is 0.694. The fourth-order valence-electron chi connectivity index (χ4n) is 0.726. The maximum absolute atomic E-state index is 5.29. The maximum atomic E-state index is 5.29. The highest BCUT2D eigenvalue weighted by atomic mass is 14.8. The fraction of sp³-hybridized carbons (Fsp3) is 0.500. The number of hydrogen-bond acceptors (Lipinski definition) is 2. The molecule has 0 aromatic heterocycles. The Labute approximate surface area is 49.1 Å². The molecule has 1 aliphatic rings. The van der Waals surface area contributed by atoms with E-state index >= 15 is 0 Å². The summed E-state index contributed by atoms with van der Waals surface area (Å²) in [6.45, 7) is 0.711. The minimum atomic E-state index is 0.711. The Bertz CT molecular complexity index is 124. The molecule has 8 heavy (non-hydrogen) atoms. The van der Waals surface area contributed by atoms with Gasteiger partial charge >= 0.3 is 0 Å². The summed E-state index contributed by atoms with van der Waals surface area (Å²) in [5, 5.41) is 0. The van der Waals surface area contributed by atoms with Gasteiger partial charge in [0.05, 0.1) is 0 Å². The van der Waals surface area contributed by atoms with Crippen molar-refractivity contribution in [2.75, 3.05) is 6.54 Å². The molecule has 1 rings (SSSR count). The van der Waals surface area contributed by atoms with Gasteiger partial charge in [-0.3, -0.25) is 4.99 Å². The van der Waals surface area contributed by atoms with Gasteiger partial charge in [0.1, 0.15) is 0 Å². The van der Waals surface area contributed by atoms with E-state index in [9.17, 15) is 0 Å². The van der Waals surface area contributed by atoms with Crippen LogP contribution >= 0.6 is 0 Å². The van der Waals surface area contributed by atoms with Crippen molar-refractivity contribution in [3.8, 4) is 0 Å². The number of aliphatic imine (C=N–C) groups is 1. The quantitative estimate of drug-likeness (QED) is 0.558. The Balaban J connectivity index is 2.34. The molecule has 0 saturated carbocycles. The average Bonchev–Trinajstić information content (AvgIpc) is 2.19. The molecule has 0 bridgehead atoms. The molecule has 2 heteroatoms. The molecule has 1 heterocycles. The second-order valence-electron chi connectivity index (χ2n) is 1.78. The van der Waals surface area contributed by atoms with Crippen LogP contribution in [0.4, 0.5) is 0 Å². The summed E-state index contributed by atoms with van der Waals surface area (Å²) in [7, 11) is 0. The van der Waals surface area contributed by atoms with Gasteiger partial charge in [-0.1, -0.05) is 6.08 Å². The van der Waals surface area contributed by atoms with Gasteiger partial charge in [-0.25, -0.2) is 0 Å². The van der Waals surface area contributed by atoms with Crippen LogP contribution in [0.3, 0.4) is 0 Å². The van der Waals surface area contributed by atoms with Crippen molar-refractivity contribution < 1.29 is 0 Å². The molecule has 0 aromatic rings. The number of rotatable bonds is 2. The Morgan fingerprint density at radius 3 is 3.12 bits per heavy atom. The SMILES string of the molecule is NCCC1=CCC=N1. The molecule has 2 nitrogen and oxygen atoms in total. The van der Waals surface area contributed by atoms with Crippen LogP contribution in [0.15, 0.2) is 16.8 Å². The molecule has 2 N–H and O–H groups in total. The molecule has 0 radical (unpaired) electrons. The van der Waals surface area contributed by atoms with Crippen LogP contribution in [0.25, 0.3) is 0 Å². The average molecular weight is 110 g/mol. The molecule has 0 fully saturated rings. The third-order valence-electron chi connectivity index (χ3n) is 1.12. The van der Waals surface area contributed by atoms with Crippen molar-refractivity contribution in [1.82, 2.24) is 0 Å². The van der Waals surface area contributed by atoms with Gasteiger partial charge in [-0.05, 0) is 6.54 Å². The van der Waals surface area contributed by atoms with Crippen molar-refractivity contribution in [1.29, 1.82) is 0 Å². The Kier molecular flexibility index (Phi) is 1.80. The number of nitrogens with two attached hydrogens (primary N) is 1. The van der Waals surface area contributed by atoms with E-state index in [0.29, 0.717) is 6.54 Å². The molecular formula is C6H10N2. The second-order valence-corrected chi connectivity index (χ2v) is 1.78. The molecule has 1 aliphatic heterocycles. The predicted molar refractivity (Wildman–Crippen MR) is 34.9 cm³/mol. The molecule has 0 aliphatic carbocycles. The van der Waals surface area contributed by atoms with Gasteiger partial charge in [-0.15, -0.1) is 0 Å². The summed E-state index contributed by atoms with van der Waals surface area (Å²) < 4.78 is 0. The van der Waals surface area contributed by atoms with Gasteiger partial charge in [0.2, 0.25) is 0 Å². The minimum absolute atomic E-state index is 0.711. The lowest BCUT2D eigenvalue weighted by Gasteiger charge is -1.89. The largest absolute Gasteiger partial charge is 0.330 e. The van der Waals surface area contributed by atoms with Crippen molar-refractivity contribution in [2.45, 2.75) is 12.8 Å². The van der Waals surface area contributed by atoms with Crippen LogP contribution in [0.2, 0.25) is 0 Å². The van der Waals surface area contributed by atoms with Crippen LogP contribution in [-0.2, 0) is 0 Å². The van der Waals surface area contributed by atoms with E-state index in [-0.39, 0.29) is 0 Å². The molecule has 0 saturated heterocycles. The fourth-order valence-corrected chi connectivity index (χ4v) is 0.726. The summed E-state index contributed by atoms with van der Waals surface area (Å²) in [5.41, 5.74) is 6.44. The first-order valence-electron chi connectivity index (χ1n) is 2.85. The van der Waals surface area contributed by atoms with Gasteiger partial charge in [0.15, 0.2) is 0 Å². The highest BCUT2D eigenvalue weighted by Crippen LogP contribution is 2.07. The maximum Gasteiger partial charge on any atom is 0.0376 e. The molecule has 0 spiro atoms. The Hall–Kier alpha value is -0.630. The number of nitrogens with zero attached hydrogens (tertiary/aromatic N) is 1. The third kappa shape index (κ3) is 1.17. The van der Waals surface area contributed by atoms with Crippen LogP contribution in [0.1, 0.15) is 12.8 Å². The van der Waals surface area contributed by atoms with Gasteiger partial charge < -0.3 is 5.73 Å². The van der Waals surface area contributed by atoms with E-state index in [0.717, 1.165) is 18.5 Å². The van der Waals surface area contributed by atoms with Crippen LogP contribution < -0.4 is 5.73 Å². The van der Waals surface area contributed by atoms with Crippen LogP contribution in [-0.4, -0.2) is 12.8 Å². The van der Waals surface area contributed by atoms with Gasteiger partial charge in [-0.2, -0.15) is 0 Å². The van der Waals surface area contributed by atoms with Crippen LogP contribution in [0.5, 0.6) is 0 Å². The highest BCUT2D eigenvalue weighted by Gasteiger charge is 1.94. The normalized spacial score (nSPS) is 16.9. The molecule has 0 unspecified atom stereocenters. The number of hydrogen-bond donors (Lipinski definition) is 1. The van der Waals surface area contributed by atoms with Gasteiger partial charge in [0, 0.05) is 24.8 Å². The summed E-state index contributed by atoms with van der Waals surface area (Å²) in [6, 6.07) is 0. The molecule has 0 amide bonds.